The third-order valence-electron chi connectivity index (χ3n) is 4.09. The first-order valence-electron chi connectivity index (χ1n) is 6.69. The summed E-state index contributed by atoms with van der Waals surface area (Å²) in [6, 6.07) is 7.44. The predicted octanol–water partition coefficient (Wildman–Crippen LogP) is 2.55. The number of halogens is 1. The fourth-order valence-electron chi connectivity index (χ4n) is 2.73. The normalized spacial score (nSPS) is 26.4. The number of carbonyl (C=O) groups excluding carboxylic acids is 1. The van der Waals surface area contributed by atoms with Crippen LogP contribution in [0.25, 0.3) is 0 Å². The van der Waals surface area contributed by atoms with E-state index >= 15 is 0 Å². The Morgan fingerprint density at radius 1 is 1.53 bits per heavy atom. The van der Waals surface area contributed by atoms with E-state index in [2.05, 4.69) is 5.32 Å². The fraction of sp³-hybridized carbons (Fsp3) is 0.533. The maximum absolute atomic E-state index is 12.1. The van der Waals surface area contributed by atoms with E-state index in [1.807, 2.05) is 25.1 Å². The summed E-state index contributed by atoms with van der Waals surface area (Å²) in [5.41, 5.74) is 0.654. The Morgan fingerprint density at radius 2 is 2.26 bits per heavy atom. The molecule has 3 nitrogen and oxygen atoms in total. The lowest BCUT2D eigenvalue weighted by Gasteiger charge is -2.30. The van der Waals surface area contributed by atoms with Crippen molar-refractivity contribution in [3.05, 3.63) is 34.9 Å². The molecular formula is C15H20ClNO2. The van der Waals surface area contributed by atoms with Crippen LogP contribution in [0, 0.1) is 5.41 Å². The molecule has 1 saturated carbocycles. The third-order valence-corrected chi connectivity index (χ3v) is 4.46. The summed E-state index contributed by atoms with van der Waals surface area (Å²) in [5.74, 6) is -0.0281. The van der Waals surface area contributed by atoms with Gasteiger partial charge in [0.2, 0.25) is 5.91 Å². The highest BCUT2D eigenvalue weighted by atomic mass is 35.5. The van der Waals surface area contributed by atoms with Gasteiger partial charge in [-0.25, -0.2) is 0 Å². The zero-order chi connectivity index (χ0) is 13.9. The second kappa shape index (κ2) is 5.93. The lowest BCUT2D eigenvalue weighted by molar-refractivity contribution is -0.122. The van der Waals surface area contributed by atoms with Crippen LogP contribution < -0.4 is 5.32 Å². The number of nitrogens with one attached hydrogen (secondary N) is 1. The van der Waals surface area contributed by atoms with Crippen LogP contribution in [0.4, 0.5) is 0 Å². The van der Waals surface area contributed by atoms with E-state index in [1.165, 1.54) is 0 Å². The molecule has 4 heteroatoms. The highest BCUT2D eigenvalue weighted by Gasteiger charge is 2.38. The number of hydrogen-bond acceptors (Lipinski definition) is 2. The average molecular weight is 282 g/mol. The van der Waals surface area contributed by atoms with Crippen LogP contribution in [0.1, 0.15) is 31.7 Å². The van der Waals surface area contributed by atoms with Gasteiger partial charge >= 0.3 is 0 Å². The number of aliphatic hydroxyl groups excluding tert-OH is 1. The third kappa shape index (κ3) is 3.28. The smallest absolute Gasteiger partial charge is 0.224 e. The molecule has 1 amide bonds. The Labute approximate surface area is 119 Å². The fourth-order valence-corrected chi connectivity index (χ4v) is 2.93. The Balaban J connectivity index is 1.97. The molecule has 1 fully saturated rings. The Bertz CT molecular complexity index is 463. The number of hydrogen-bond donors (Lipinski definition) is 2. The Morgan fingerprint density at radius 3 is 2.95 bits per heavy atom. The number of aliphatic hydroxyl groups is 1. The minimum absolute atomic E-state index is 0.0281. The van der Waals surface area contributed by atoms with Crippen LogP contribution in [0.3, 0.4) is 0 Å². The number of carbonyl (C=O) groups is 1. The van der Waals surface area contributed by atoms with Crippen molar-refractivity contribution in [1.82, 2.24) is 5.32 Å². The molecule has 2 atom stereocenters. The van der Waals surface area contributed by atoms with Crippen LogP contribution in [0.2, 0.25) is 5.02 Å². The molecule has 0 bridgehead atoms. The maximum Gasteiger partial charge on any atom is 0.224 e. The molecule has 1 aromatic rings. The minimum Gasteiger partial charge on any atom is -0.396 e. The molecule has 2 rings (SSSR count). The summed E-state index contributed by atoms with van der Waals surface area (Å²) in [4.78, 5) is 12.1. The van der Waals surface area contributed by atoms with Gasteiger partial charge in [-0.3, -0.25) is 4.79 Å². The molecule has 0 radical (unpaired) electrons. The van der Waals surface area contributed by atoms with E-state index in [-0.39, 0.29) is 30.4 Å². The van der Waals surface area contributed by atoms with Crippen molar-refractivity contribution in [3.63, 3.8) is 0 Å². The van der Waals surface area contributed by atoms with Gasteiger partial charge in [0.05, 0.1) is 13.0 Å². The summed E-state index contributed by atoms with van der Waals surface area (Å²) in [6.07, 6.45) is 3.23. The van der Waals surface area contributed by atoms with Crippen LogP contribution in [0.5, 0.6) is 0 Å². The first-order chi connectivity index (χ1) is 9.05. The Kier molecular flexibility index (Phi) is 4.48. The molecule has 104 valence electrons. The van der Waals surface area contributed by atoms with Gasteiger partial charge in [-0.15, -0.1) is 0 Å². The van der Waals surface area contributed by atoms with Crippen molar-refractivity contribution in [2.75, 3.05) is 6.61 Å². The van der Waals surface area contributed by atoms with Gasteiger partial charge in [0.1, 0.15) is 0 Å². The number of rotatable bonds is 4. The molecule has 0 aliphatic heterocycles. The van der Waals surface area contributed by atoms with Crippen LogP contribution in [-0.4, -0.2) is 23.7 Å². The second-order valence-corrected chi connectivity index (χ2v) is 6.00. The van der Waals surface area contributed by atoms with Crippen LogP contribution in [-0.2, 0) is 11.2 Å². The van der Waals surface area contributed by atoms with Crippen LogP contribution >= 0.6 is 11.6 Å². The van der Waals surface area contributed by atoms with Gasteiger partial charge in [0.15, 0.2) is 0 Å². The molecule has 2 unspecified atom stereocenters. The average Bonchev–Trinajstić information content (AvgIpc) is 2.75. The monoisotopic (exact) mass is 281 g/mol. The van der Waals surface area contributed by atoms with Gasteiger partial charge in [-0.05, 0) is 24.5 Å². The molecular weight excluding hydrogens is 262 g/mol. The van der Waals surface area contributed by atoms with Gasteiger partial charge in [-0.1, -0.05) is 43.1 Å². The van der Waals surface area contributed by atoms with Gasteiger partial charge in [0.25, 0.3) is 0 Å². The summed E-state index contributed by atoms with van der Waals surface area (Å²) in [7, 11) is 0. The lowest BCUT2D eigenvalue weighted by Crippen LogP contribution is -2.45. The van der Waals surface area contributed by atoms with E-state index in [0.29, 0.717) is 5.02 Å². The summed E-state index contributed by atoms with van der Waals surface area (Å²) < 4.78 is 0. The van der Waals surface area contributed by atoms with E-state index < -0.39 is 0 Å². The van der Waals surface area contributed by atoms with Crippen molar-refractivity contribution < 1.29 is 9.90 Å². The van der Waals surface area contributed by atoms with Gasteiger partial charge < -0.3 is 10.4 Å². The largest absolute Gasteiger partial charge is 0.396 e. The molecule has 0 aromatic heterocycles. The van der Waals surface area contributed by atoms with Crippen molar-refractivity contribution in [1.29, 1.82) is 0 Å². The summed E-state index contributed by atoms with van der Waals surface area (Å²) >= 11 is 6.05. The molecule has 1 aliphatic carbocycles. The van der Waals surface area contributed by atoms with Gasteiger partial charge in [0, 0.05) is 16.5 Å². The first-order valence-corrected chi connectivity index (χ1v) is 7.06. The van der Waals surface area contributed by atoms with Crippen molar-refractivity contribution >= 4 is 17.5 Å². The molecule has 2 N–H and O–H groups in total. The van der Waals surface area contributed by atoms with Gasteiger partial charge in [-0.2, -0.15) is 0 Å². The summed E-state index contributed by atoms with van der Waals surface area (Å²) in [6.45, 7) is 2.14. The number of amides is 1. The molecule has 19 heavy (non-hydrogen) atoms. The minimum atomic E-state index is -0.184. The maximum atomic E-state index is 12.1. The lowest BCUT2D eigenvalue weighted by atomic mass is 9.85. The van der Waals surface area contributed by atoms with E-state index in [9.17, 15) is 9.90 Å². The zero-order valence-corrected chi connectivity index (χ0v) is 11.9. The molecule has 1 aliphatic rings. The molecule has 0 spiro atoms. The number of benzene rings is 1. The van der Waals surface area contributed by atoms with Crippen molar-refractivity contribution in [3.8, 4) is 0 Å². The topological polar surface area (TPSA) is 49.3 Å². The van der Waals surface area contributed by atoms with Crippen molar-refractivity contribution in [2.24, 2.45) is 5.41 Å². The van der Waals surface area contributed by atoms with E-state index in [4.69, 9.17) is 11.6 Å². The predicted molar refractivity (Wildman–Crippen MR) is 76.1 cm³/mol. The van der Waals surface area contributed by atoms with Crippen molar-refractivity contribution in [2.45, 2.75) is 38.6 Å². The molecule has 0 heterocycles. The quantitative estimate of drug-likeness (QED) is 0.891. The highest BCUT2D eigenvalue weighted by Crippen LogP contribution is 2.37. The Hall–Kier alpha value is -1.06. The SMILES string of the molecule is CC1(CO)CCCC1NC(=O)Cc1ccccc1Cl. The van der Waals surface area contributed by atoms with E-state index in [0.717, 1.165) is 24.8 Å². The molecule has 0 saturated heterocycles. The zero-order valence-electron chi connectivity index (χ0n) is 11.2. The second-order valence-electron chi connectivity index (χ2n) is 5.59. The van der Waals surface area contributed by atoms with E-state index in [1.54, 1.807) is 6.07 Å². The first kappa shape index (κ1) is 14.4. The highest BCUT2D eigenvalue weighted by molar-refractivity contribution is 6.31. The molecule has 1 aromatic carbocycles. The van der Waals surface area contributed by atoms with Crippen LogP contribution in [0.15, 0.2) is 24.3 Å². The summed E-state index contributed by atoms with van der Waals surface area (Å²) in [5, 5.41) is 13.1. The standard InChI is InChI=1S/C15H20ClNO2/c1-15(10-18)8-4-7-13(15)17-14(19)9-11-5-2-3-6-12(11)16/h2-3,5-6,13,18H,4,7-10H2,1H3,(H,17,19).